The highest BCUT2D eigenvalue weighted by molar-refractivity contribution is 5.76. The summed E-state index contributed by atoms with van der Waals surface area (Å²) in [6, 6.07) is 8.75. The van der Waals surface area contributed by atoms with Crippen molar-refractivity contribution in [2.75, 3.05) is 26.9 Å². The van der Waals surface area contributed by atoms with Gasteiger partial charge < -0.3 is 14.8 Å². The van der Waals surface area contributed by atoms with Crippen LogP contribution in [0.3, 0.4) is 0 Å². The summed E-state index contributed by atoms with van der Waals surface area (Å²) in [5.74, 6) is 0.940. The number of benzene rings is 1. The van der Waals surface area contributed by atoms with Crippen molar-refractivity contribution >= 4 is 5.91 Å². The number of fused-ring (bicyclic) bond motifs is 2. The van der Waals surface area contributed by atoms with Gasteiger partial charge in [0.05, 0.1) is 12.7 Å². The summed E-state index contributed by atoms with van der Waals surface area (Å²) < 4.78 is 11.1. The summed E-state index contributed by atoms with van der Waals surface area (Å²) in [6.07, 6.45) is 1.89. The fourth-order valence-corrected chi connectivity index (χ4v) is 4.51. The molecule has 1 aromatic rings. The van der Waals surface area contributed by atoms with Crippen molar-refractivity contribution in [3.8, 4) is 0 Å². The number of carbonyl (C=O) groups excluding carboxylic acids is 1. The van der Waals surface area contributed by atoms with E-state index in [9.17, 15) is 4.79 Å². The Kier molecular flexibility index (Phi) is 4.57. The molecule has 0 spiro atoms. The van der Waals surface area contributed by atoms with E-state index in [1.54, 1.807) is 7.11 Å². The molecule has 1 aromatic carbocycles. The van der Waals surface area contributed by atoms with Gasteiger partial charge in [0.15, 0.2) is 0 Å². The predicted molar refractivity (Wildman–Crippen MR) is 90.3 cm³/mol. The Labute approximate surface area is 143 Å². The minimum absolute atomic E-state index is 0.155. The van der Waals surface area contributed by atoms with Gasteiger partial charge in [0.2, 0.25) is 5.91 Å². The zero-order valence-corrected chi connectivity index (χ0v) is 14.2. The minimum atomic E-state index is 0.155. The van der Waals surface area contributed by atoms with Gasteiger partial charge in [-0.15, -0.1) is 0 Å². The highest BCUT2D eigenvalue weighted by Crippen LogP contribution is 2.43. The molecule has 130 valence electrons. The maximum Gasteiger partial charge on any atom is 0.221 e. The first-order valence-electron chi connectivity index (χ1n) is 8.95. The molecule has 5 nitrogen and oxygen atoms in total. The van der Waals surface area contributed by atoms with Gasteiger partial charge >= 0.3 is 0 Å². The first-order chi connectivity index (χ1) is 11.8. The van der Waals surface area contributed by atoms with Crippen LogP contribution in [0.25, 0.3) is 0 Å². The number of rotatable bonds is 6. The van der Waals surface area contributed by atoms with E-state index in [0.717, 1.165) is 32.7 Å². The largest absolute Gasteiger partial charge is 0.384 e. The maximum atomic E-state index is 12.4. The summed E-state index contributed by atoms with van der Waals surface area (Å²) in [5, 5.41) is 3.24. The number of amides is 1. The number of hydrogen-bond donors (Lipinski definition) is 1. The third-order valence-corrected chi connectivity index (χ3v) is 5.78. The molecule has 5 heteroatoms. The minimum Gasteiger partial charge on any atom is -0.384 e. The Hall–Kier alpha value is -1.43. The van der Waals surface area contributed by atoms with Gasteiger partial charge in [0.25, 0.3) is 0 Å². The van der Waals surface area contributed by atoms with Crippen molar-refractivity contribution < 1.29 is 14.3 Å². The topological polar surface area (TPSA) is 50.8 Å². The molecule has 1 amide bonds. The lowest BCUT2D eigenvalue weighted by atomic mass is 9.67. The summed E-state index contributed by atoms with van der Waals surface area (Å²) in [7, 11) is 1.71. The van der Waals surface area contributed by atoms with Crippen molar-refractivity contribution in [2.45, 2.75) is 38.1 Å². The average molecular weight is 330 g/mol. The van der Waals surface area contributed by atoms with E-state index >= 15 is 0 Å². The van der Waals surface area contributed by atoms with Gasteiger partial charge in [-0.1, -0.05) is 24.3 Å². The highest BCUT2D eigenvalue weighted by Gasteiger charge is 2.54. The van der Waals surface area contributed by atoms with E-state index in [1.165, 1.54) is 11.1 Å². The summed E-state index contributed by atoms with van der Waals surface area (Å²) in [4.78, 5) is 14.7. The monoisotopic (exact) mass is 330 g/mol. The van der Waals surface area contributed by atoms with Crippen molar-refractivity contribution in [1.82, 2.24) is 10.2 Å². The van der Waals surface area contributed by atoms with Gasteiger partial charge in [-0.05, 0) is 17.5 Å². The van der Waals surface area contributed by atoms with E-state index in [1.807, 2.05) is 0 Å². The Morgan fingerprint density at radius 1 is 1.33 bits per heavy atom. The van der Waals surface area contributed by atoms with Crippen LogP contribution in [-0.4, -0.2) is 49.8 Å². The molecule has 2 aliphatic heterocycles. The normalized spacial score (nSPS) is 31.4. The van der Waals surface area contributed by atoms with E-state index in [-0.39, 0.29) is 18.1 Å². The van der Waals surface area contributed by atoms with E-state index in [4.69, 9.17) is 9.47 Å². The maximum absolute atomic E-state index is 12.4. The molecular weight excluding hydrogens is 304 g/mol. The number of nitrogens with zero attached hydrogens (tertiary/aromatic N) is 1. The van der Waals surface area contributed by atoms with Gasteiger partial charge in [-0.2, -0.15) is 0 Å². The van der Waals surface area contributed by atoms with Gasteiger partial charge in [-0.25, -0.2) is 0 Å². The van der Waals surface area contributed by atoms with E-state index < -0.39 is 0 Å². The van der Waals surface area contributed by atoms with Crippen LogP contribution in [0.5, 0.6) is 0 Å². The van der Waals surface area contributed by atoms with Crippen LogP contribution < -0.4 is 5.32 Å². The lowest BCUT2D eigenvalue weighted by Gasteiger charge is -2.47. The van der Waals surface area contributed by atoms with Crippen molar-refractivity contribution in [1.29, 1.82) is 0 Å². The molecule has 1 aliphatic carbocycles. The van der Waals surface area contributed by atoms with E-state index in [0.29, 0.717) is 24.9 Å². The van der Waals surface area contributed by atoms with Crippen LogP contribution in [0.1, 0.15) is 24.0 Å². The highest BCUT2D eigenvalue weighted by atomic mass is 16.5. The standard InChI is InChI=1S/C19H26N2O3/c1-23-12-16-18(15-7-9-24-19(15)16)20-17(22)6-8-21-10-13-4-2-3-5-14(13)11-21/h2-5,15-16,18-19H,6-12H2,1H3,(H,20,22)/t15-,16+,18-,19-/m0/s1. The Bertz CT molecular complexity index is 581. The average Bonchev–Trinajstić information content (AvgIpc) is 3.19. The molecule has 0 unspecified atom stereocenters. The molecule has 3 aliphatic rings. The second-order valence-corrected chi connectivity index (χ2v) is 7.23. The van der Waals surface area contributed by atoms with Crippen LogP contribution in [-0.2, 0) is 27.4 Å². The molecule has 0 aromatic heterocycles. The number of nitrogens with one attached hydrogen (secondary N) is 1. The molecule has 24 heavy (non-hydrogen) atoms. The molecule has 0 radical (unpaired) electrons. The SMILES string of the molecule is COC[C@@H]1[C@@H](NC(=O)CCN2Cc3ccccc3C2)[C@@H]2CCO[C@H]12. The van der Waals surface area contributed by atoms with Gasteiger partial charge in [0, 0.05) is 57.6 Å². The molecule has 2 fully saturated rings. The third-order valence-electron chi connectivity index (χ3n) is 5.78. The first kappa shape index (κ1) is 16.1. The van der Waals surface area contributed by atoms with Crippen molar-refractivity contribution in [3.63, 3.8) is 0 Å². The number of carbonyl (C=O) groups is 1. The van der Waals surface area contributed by atoms with Gasteiger partial charge in [-0.3, -0.25) is 9.69 Å². The lowest BCUT2D eigenvalue weighted by Crippen LogP contribution is -2.62. The first-order valence-corrected chi connectivity index (χ1v) is 8.95. The smallest absolute Gasteiger partial charge is 0.221 e. The van der Waals surface area contributed by atoms with Crippen LogP contribution in [0.4, 0.5) is 0 Å². The van der Waals surface area contributed by atoms with Crippen LogP contribution in [0, 0.1) is 11.8 Å². The Morgan fingerprint density at radius 3 is 2.79 bits per heavy atom. The molecule has 4 rings (SSSR count). The quantitative estimate of drug-likeness (QED) is 0.860. The van der Waals surface area contributed by atoms with Crippen molar-refractivity contribution in [3.05, 3.63) is 35.4 Å². The molecule has 4 atom stereocenters. The number of ether oxygens (including phenoxy) is 2. The summed E-state index contributed by atoms with van der Waals surface area (Å²) in [5.41, 5.74) is 2.78. The molecule has 1 N–H and O–H groups in total. The molecular formula is C19H26N2O3. The second kappa shape index (κ2) is 6.82. The molecule has 1 saturated carbocycles. The van der Waals surface area contributed by atoms with Crippen LogP contribution in [0.15, 0.2) is 24.3 Å². The number of hydrogen-bond acceptors (Lipinski definition) is 4. The zero-order chi connectivity index (χ0) is 16.5. The fourth-order valence-electron chi connectivity index (χ4n) is 4.51. The third kappa shape index (κ3) is 2.96. The Morgan fingerprint density at radius 2 is 2.08 bits per heavy atom. The van der Waals surface area contributed by atoms with Crippen LogP contribution in [0.2, 0.25) is 0 Å². The molecule has 2 heterocycles. The van der Waals surface area contributed by atoms with Crippen molar-refractivity contribution in [2.24, 2.45) is 11.8 Å². The Balaban J connectivity index is 1.25. The molecule has 1 saturated heterocycles. The van der Waals surface area contributed by atoms with E-state index in [2.05, 4.69) is 34.5 Å². The summed E-state index contributed by atoms with van der Waals surface area (Å²) >= 11 is 0. The second-order valence-electron chi connectivity index (χ2n) is 7.23. The number of methoxy groups -OCH3 is 1. The lowest BCUT2D eigenvalue weighted by molar-refractivity contribution is -0.130. The van der Waals surface area contributed by atoms with Gasteiger partial charge in [0.1, 0.15) is 0 Å². The molecule has 0 bridgehead atoms. The zero-order valence-electron chi connectivity index (χ0n) is 14.2. The summed E-state index contributed by atoms with van der Waals surface area (Å²) in [6.45, 7) is 4.20. The predicted octanol–water partition coefficient (Wildman–Crippen LogP) is 1.56. The van der Waals surface area contributed by atoms with Crippen LogP contribution >= 0.6 is 0 Å². The fraction of sp³-hybridized carbons (Fsp3) is 0.632.